The van der Waals surface area contributed by atoms with E-state index in [0.717, 1.165) is 5.56 Å². The molecule has 3 nitrogen and oxygen atoms in total. The van der Waals surface area contributed by atoms with E-state index in [2.05, 4.69) is 16.3 Å². The number of hydrogen-bond donors (Lipinski definition) is 0. The number of hydrogen-bond acceptors (Lipinski definition) is 3. The smallest absolute Gasteiger partial charge is 0.330 e. The molecule has 17 heavy (non-hydrogen) atoms. The summed E-state index contributed by atoms with van der Waals surface area (Å²) in [4.78, 5) is 15.5. The van der Waals surface area contributed by atoms with Crippen LogP contribution >= 0.6 is 11.6 Å². The summed E-state index contributed by atoms with van der Waals surface area (Å²) in [6, 6.07) is 6.66. The average molecular weight is 252 g/mol. The largest absolute Gasteiger partial charge is 0.467 e. The van der Waals surface area contributed by atoms with Gasteiger partial charge in [0.15, 0.2) is 6.04 Å². The summed E-state index contributed by atoms with van der Waals surface area (Å²) in [6.45, 7) is 3.58. The van der Waals surface area contributed by atoms with Crippen LogP contribution in [0.5, 0.6) is 0 Å². The van der Waals surface area contributed by atoms with Crippen molar-refractivity contribution in [2.24, 2.45) is 4.99 Å². The number of rotatable bonds is 5. The van der Waals surface area contributed by atoms with Gasteiger partial charge in [0.25, 0.3) is 0 Å². The third-order valence-corrected chi connectivity index (χ3v) is 2.39. The molecule has 90 valence electrons. The van der Waals surface area contributed by atoms with Gasteiger partial charge in [0, 0.05) is 11.2 Å². The average Bonchev–Trinajstić information content (AvgIpc) is 2.35. The first-order chi connectivity index (χ1) is 8.17. The molecule has 0 saturated carbocycles. The van der Waals surface area contributed by atoms with Gasteiger partial charge in [0.2, 0.25) is 0 Å². The lowest BCUT2D eigenvalue weighted by molar-refractivity contribution is -0.141. The van der Waals surface area contributed by atoms with E-state index < -0.39 is 6.04 Å². The Morgan fingerprint density at radius 1 is 1.53 bits per heavy atom. The highest BCUT2D eigenvalue weighted by molar-refractivity contribution is 6.30. The van der Waals surface area contributed by atoms with Crippen LogP contribution in [-0.4, -0.2) is 25.3 Å². The van der Waals surface area contributed by atoms with E-state index in [1.165, 1.54) is 7.11 Å². The van der Waals surface area contributed by atoms with Crippen LogP contribution in [0.25, 0.3) is 0 Å². The Kier molecular flexibility index (Phi) is 5.43. The maximum Gasteiger partial charge on any atom is 0.330 e. The first-order valence-corrected chi connectivity index (χ1v) is 5.52. The normalized spacial score (nSPS) is 12.4. The summed E-state index contributed by atoms with van der Waals surface area (Å²) in [7, 11) is 1.34. The SMILES string of the molecule is C=CCC(N=Cc1ccc(Cl)cc1)C(=O)OC. The van der Waals surface area contributed by atoms with Crippen LogP contribution in [0.4, 0.5) is 0 Å². The molecule has 0 aliphatic rings. The van der Waals surface area contributed by atoms with Crippen molar-refractivity contribution in [2.45, 2.75) is 12.5 Å². The van der Waals surface area contributed by atoms with E-state index in [0.29, 0.717) is 11.4 Å². The molecule has 1 aromatic carbocycles. The van der Waals surface area contributed by atoms with Crippen LogP contribution in [-0.2, 0) is 9.53 Å². The second-order valence-electron chi connectivity index (χ2n) is 3.39. The van der Waals surface area contributed by atoms with Gasteiger partial charge in [0.05, 0.1) is 7.11 Å². The maximum absolute atomic E-state index is 11.4. The summed E-state index contributed by atoms with van der Waals surface area (Å²) < 4.78 is 4.65. The van der Waals surface area contributed by atoms with E-state index in [1.807, 2.05) is 12.1 Å². The Bertz CT molecular complexity index is 412. The zero-order chi connectivity index (χ0) is 12.7. The molecule has 1 aromatic rings. The summed E-state index contributed by atoms with van der Waals surface area (Å²) in [5.41, 5.74) is 0.882. The first-order valence-electron chi connectivity index (χ1n) is 5.15. The molecule has 4 heteroatoms. The summed E-state index contributed by atoms with van der Waals surface area (Å²) >= 11 is 5.77. The van der Waals surface area contributed by atoms with E-state index in [4.69, 9.17) is 11.6 Å². The predicted octanol–water partition coefficient (Wildman–Crippen LogP) is 2.88. The fraction of sp³-hybridized carbons (Fsp3) is 0.231. The van der Waals surface area contributed by atoms with Gasteiger partial charge >= 0.3 is 5.97 Å². The number of methoxy groups -OCH3 is 1. The highest BCUT2D eigenvalue weighted by Gasteiger charge is 2.14. The van der Waals surface area contributed by atoms with Gasteiger partial charge < -0.3 is 4.74 Å². The molecular formula is C13H14ClNO2. The second-order valence-corrected chi connectivity index (χ2v) is 3.83. The monoisotopic (exact) mass is 251 g/mol. The van der Waals surface area contributed by atoms with Gasteiger partial charge in [-0.2, -0.15) is 0 Å². The van der Waals surface area contributed by atoms with Gasteiger partial charge in [-0.25, -0.2) is 4.79 Å². The molecule has 0 N–H and O–H groups in total. The van der Waals surface area contributed by atoms with Crippen molar-refractivity contribution in [1.82, 2.24) is 0 Å². The Balaban J connectivity index is 2.75. The van der Waals surface area contributed by atoms with Gasteiger partial charge in [-0.3, -0.25) is 4.99 Å². The lowest BCUT2D eigenvalue weighted by atomic mass is 10.2. The van der Waals surface area contributed by atoms with Crippen LogP contribution in [0.2, 0.25) is 5.02 Å². The molecule has 0 aromatic heterocycles. The summed E-state index contributed by atoms with van der Waals surface area (Å²) in [5.74, 6) is -0.366. The van der Waals surface area contributed by atoms with Gasteiger partial charge in [-0.1, -0.05) is 29.8 Å². The van der Waals surface area contributed by atoms with Crippen molar-refractivity contribution in [3.05, 3.63) is 47.5 Å². The molecule has 1 unspecified atom stereocenters. The minimum atomic E-state index is -0.534. The van der Waals surface area contributed by atoms with E-state index >= 15 is 0 Å². The molecule has 0 aliphatic heterocycles. The quantitative estimate of drug-likeness (QED) is 0.459. The third kappa shape index (κ3) is 4.41. The molecule has 1 atom stereocenters. The summed E-state index contributed by atoms with van der Waals surface area (Å²) in [6.07, 6.45) is 3.72. The fourth-order valence-corrected chi connectivity index (χ4v) is 1.36. The number of nitrogens with zero attached hydrogens (tertiary/aromatic N) is 1. The highest BCUT2D eigenvalue weighted by atomic mass is 35.5. The van der Waals surface area contributed by atoms with Crippen LogP contribution in [0, 0.1) is 0 Å². The Hall–Kier alpha value is -1.61. The molecule has 1 rings (SSSR count). The van der Waals surface area contributed by atoms with E-state index in [9.17, 15) is 4.79 Å². The Morgan fingerprint density at radius 2 is 2.18 bits per heavy atom. The van der Waals surface area contributed by atoms with E-state index in [1.54, 1.807) is 24.4 Å². The van der Waals surface area contributed by atoms with Crippen molar-refractivity contribution in [1.29, 1.82) is 0 Å². The third-order valence-electron chi connectivity index (χ3n) is 2.14. The molecular weight excluding hydrogens is 238 g/mol. The number of halogens is 1. The van der Waals surface area contributed by atoms with Gasteiger partial charge in [-0.05, 0) is 24.1 Å². The maximum atomic E-state index is 11.4. The lowest BCUT2D eigenvalue weighted by Crippen LogP contribution is -2.19. The zero-order valence-electron chi connectivity index (χ0n) is 9.60. The Morgan fingerprint density at radius 3 is 2.71 bits per heavy atom. The molecule has 0 amide bonds. The van der Waals surface area contributed by atoms with Crippen LogP contribution in [0.3, 0.4) is 0 Å². The molecule has 0 heterocycles. The molecule has 0 bridgehead atoms. The topological polar surface area (TPSA) is 38.7 Å². The van der Waals surface area contributed by atoms with Crippen molar-refractivity contribution in [3.8, 4) is 0 Å². The Labute approximate surface area is 106 Å². The predicted molar refractivity (Wildman–Crippen MR) is 69.7 cm³/mol. The van der Waals surface area contributed by atoms with Crippen LogP contribution < -0.4 is 0 Å². The first kappa shape index (κ1) is 13.5. The number of ether oxygens (including phenoxy) is 1. The standard InChI is InChI=1S/C13H14ClNO2/c1-3-4-12(13(16)17-2)15-9-10-5-7-11(14)8-6-10/h3,5-9,12H,1,4H2,2H3. The zero-order valence-corrected chi connectivity index (χ0v) is 10.4. The number of carbonyl (C=O) groups excluding carboxylic acids is 1. The molecule has 0 spiro atoms. The van der Waals surface area contributed by atoms with Crippen molar-refractivity contribution in [2.75, 3.05) is 7.11 Å². The number of esters is 1. The van der Waals surface area contributed by atoms with Crippen molar-refractivity contribution < 1.29 is 9.53 Å². The number of aliphatic imine (C=N–C) groups is 1. The fourth-order valence-electron chi connectivity index (χ4n) is 1.24. The molecule has 0 radical (unpaired) electrons. The minimum Gasteiger partial charge on any atom is -0.467 e. The van der Waals surface area contributed by atoms with Gasteiger partial charge in [-0.15, -0.1) is 6.58 Å². The van der Waals surface area contributed by atoms with Crippen molar-refractivity contribution >= 4 is 23.8 Å². The second kappa shape index (κ2) is 6.86. The van der Waals surface area contributed by atoms with Crippen molar-refractivity contribution in [3.63, 3.8) is 0 Å². The highest BCUT2D eigenvalue weighted by Crippen LogP contribution is 2.09. The molecule has 0 fully saturated rings. The van der Waals surface area contributed by atoms with Gasteiger partial charge in [0.1, 0.15) is 0 Å². The molecule has 0 saturated heterocycles. The minimum absolute atomic E-state index is 0.366. The van der Waals surface area contributed by atoms with Crippen LogP contribution in [0.1, 0.15) is 12.0 Å². The van der Waals surface area contributed by atoms with E-state index in [-0.39, 0.29) is 5.97 Å². The van der Waals surface area contributed by atoms with Crippen LogP contribution in [0.15, 0.2) is 41.9 Å². The molecule has 0 aliphatic carbocycles. The lowest BCUT2D eigenvalue weighted by Gasteiger charge is -2.06. The number of benzene rings is 1. The summed E-state index contributed by atoms with van der Waals surface area (Å²) in [5, 5.41) is 0.665. The number of carbonyl (C=O) groups is 1.